The molecule has 0 aliphatic rings. The summed E-state index contributed by atoms with van der Waals surface area (Å²) in [6, 6.07) is 4.49. The summed E-state index contributed by atoms with van der Waals surface area (Å²) in [6.07, 6.45) is -0.867. The van der Waals surface area contributed by atoms with Crippen molar-refractivity contribution in [2.75, 3.05) is 7.11 Å². The first-order chi connectivity index (χ1) is 6.13. The molecule has 1 aromatic rings. The SMILES string of the molecule is COC(=O)Oc1cc(Br)ccc1O. The standard InChI is InChI=1S/C8H7BrO4/c1-12-8(11)13-7-4-5(9)2-3-6(7)10/h2-4,10H,1H3. The van der Waals surface area contributed by atoms with Crippen LogP contribution in [0, 0.1) is 0 Å². The fourth-order valence-electron chi connectivity index (χ4n) is 0.701. The quantitative estimate of drug-likeness (QED) is 0.611. The van der Waals surface area contributed by atoms with E-state index in [-0.39, 0.29) is 11.5 Å². The van der Waals surface area contributed by atoms with Crippen molar-refractivity contribution in [1.82, 2.24) is 0 Å². The number of rotatable bonds is 1. The number of ether oxygens (including phenoxy) is 2. The van der Waals surface area contributed by atoms with E-state index in [9.17, 15) is 9.90 Å². The van der Waals surface area contributed by atoms with E-state index in [1.807, 2.05) is 0 Å². The Morgan fingerprint density at radius 1 is 1.54 bits per heavy atom. The zero-order chi connectivity index (χ0) is 9.84. The first kappa shape index (κ1) is 9.85. The summed E-state index contributed by atoms with van der Waals surface area (Å²) in [6.45, 7) is 0. The predicted octanol–water partition coefficient (Wildman–Crippen LogP) is 2.30. The topological polar surface area (TPSA) is 55.8 Å². The number of methoxy groups -OCH3 is 1. The first-order valence-electron chi connectivity index (χ1n) is 3.38. The van der Waals surface area contributed by atoms with Crippen LogP contribution in [0.2, 0.25) is 0 Å². The molecule has 70 valence electrons. The lowest BCUT2D eigenvalue weighted by atomic mass is 10.3. The van der Waals surface area contributed by atoms with Gasteiger partial charge < -0.3 is 14.6 Å². The molecule has 4 nitrogen and oxygen atoms in total. The van der Waals surface area contributed by atoms with E-state index in [0.29, 0.717) is 4.47 Å². The molecule has 0 unspecified atom stereocenters. The Balaban J connectivity index is 2.87. The van der Waals surface area contributed by atoms with Gasteiger partial charge in [-0.3, -0.25) is 0 Å². The van der Waals surface area contributed by atoms with Crippen molar-refractivity contribution >= 4 is 22.1 Å². The van der Waals surface area contributed by atoms with Gasteiger partial charge in [0.25, 0.3) is 0 Å². The molecule has 0 saturated heterocycles. The summed E-state index contributed by atoms with van der Waals surface area (Å²) in [5.41, 5.74) is 0. The second kappa shape index (κ2) is 4.13. The van der Waals surface area contributed by atoms with Crippen LogP contribution in [-0.4, -0.2) is 18.4 Å². The molecule has 0 atom stereocenters. The number of benzene rings is 1. The monoisotopic (exact) mass is 246 g/mol. The maximum Gasteiger partial charge on any atom is 0.513 e. The van der Waals surface area contributed by atoms with Crippen LogP contribution in [0.25, 0.3) is 0 Å². The van der Waals surface area contributed by atoms with E-state index < -0.39 is 6.16 Å². The van der Waals surface area contributed by atoms with Crippen LogP contribution in [0.15, 0.2) is 22.7 Å². The van der Waals surface area contributed by atoms with Gasteiger partial charge in [-0.2, -0.15) is 0 Å². The molecular formula is C8H7BrO4. The van der Waals surface area contributed by atoms with Gasteiger partial charge in [0.2, 0.25) is 0 Å². The van der Waals surface area contributed by atoms with Crippen molar-refractivity contribution in [3.05, 3.63) is 22.7 Å². The predicted molar refractivity (Wildman–Crippen MR) is 48.8 cm³/mol. The van der Waals surface area contributed by atoms with E-state index in [1.165, 1.54) is 19.2 Å². The fraction of sp³-hybridized carbons (Fsp3) is 0.125. The van der Waals surface area contributed by atoms with Crippen LogP contribution >= 0.6 is 15.9 Å². The highest BCUT2D eigenvalue weighted by molar-refractivity contribution is 9.10. The lowest BCUT2D eigenvalue weighted by Gasteiger charge is -2.04. The van der Waals surface area contributed by atoms with Crippen LogP contribution in [0.5, 0.6) is 11.5 Å². The van der Waals surface area contributed by atoms with Gasteiger partial charge in [-0.05, 0) is 18.2 Å². The number of carbonyl (C=O) groups excluding carboxylic acids is 1. The number of halogens is 1. The van der Waals surface area contributed by atoms with Gasteiger partial charge in [-0.15, -0.1) is 0 Å². The van der Waals surface area contributed by atoms with Crippen molar-refractivity contribution in [1.29, 1.82) is 0 Å². The highest BCUT2D eigenvalue weighted by atomic mass is 79.9. The van der Waals surface area contributed by atoms with E-state index in [2.05, 4.69) is 25.4 Å². The smallest absolute Gasteiger partial charge is 0.504 e. The van der Waals surface area contributed by atoms with E-state index in [4.69, 9.17) is 0 Å². The number of hydrogen-bond acceptors (Lipinski definition) is 4. The van der Waals surface area contributed by atoms with Gasteiger partial charge in [-0.25, -0.2) is 4.79 Å². The Morgan fingerprint density at radius 3 is 2.85 bits per heavy atom. The molecule has 0 radical (unpaired) electrons. The summed E-state index contributed by atoms with van der Waals surface area (Å²) < 4.78 is 9.59. The van der Waals surface area contributed by atoms with E-state index in [1.54, 1.807) is 6.07 Å². The number of carbonyl (C=O) groups is 1. The second-order valence-corrected chi connectivity index (χ2v) is 3.08. The Labute approximate surface area is 83.2 Å². The second-order valence-electron chi connectivity index (χ2n) is 2.17. The largest absolute Gasteiger partial charge is 0.513 e. The number of phenols is 1. The third kappa shape index (κ3) is 2.62. The first-order valence-corrected chi connectivity index (χ1v) is 4.17. The van der Waals surface area contributed by atoms with Crippen LogP contribution in [0.4, 0.5) is 4.79 Å². The van der Waals surface area contributed by atoms with Gasteiger partial charge in [0.05, 0.1) is 7.11 Å². The molecule has 1 aromatic carbocycles. The summed E-state index contributed by atoms with van der Waals surface area (Å²) >= 11 is 3.16. The third-order valence-electron chi connectivity index (χ3n) is 1.28. The molecular weight excluding hydrogens is 240 g/mol. The van der Waals surface area contributed by atoms with Crippen LogP contribution in [0.3, 0.4) is 0 Å². The van der Waals surface area contributed by atoms with Crippen molar-refractivity contribution < 1.29 is 19.4 Å². The van der Waals surface area contributed by atoms with Gasteiger partial charge in [0, 0.05) is 4.47 Å². The zero-order valence-corrected chi connectivity index (χ0v) is 8.37. The molecule has 0 heterocycles. The molecule has 5 heteroatoms. The number of hydrogen-bond donors (Lipinski definition) is 1. The van der Waals surface area contributed by atoms with Gasteiger partial charge in [-0.1, -0.05) is 15.9 Å². The molecule has 0 aromatic heterocycles. The average Bonchev–Trinajstić information content (AvgIpc) is 2.11. The van der Waals surface area contributed by atoms with Crippen LogP contribution in [-0.2, 0) is 4.74 Å². The molecule has 0 saturated carbocycles. The molecule has 0 amide bonds. The van der Waals surface area contributed by atoms with Crippen molar-refractivity contribution in [2.24, 2.45) is 0 Å². The Hall–Kier alpha value is -1.23. The highest BCUT2D eigenvalue weighted by Crippen LogP contribution is 2.29. The van der Waals surface area contributed by atoms with Gasteiger partial charge >= 0.3 is 6.16 Å². The molecule has 0 spiro atoms. The molecule has 0 aliphatic heterocycles. The molecule has 0 fully saturated rings. The molecule has 0 aliphatic carbocycles. The lowest BCUT2D eigenvalue weighted by Crippen LogP contribution is -2.07. The summed E-state index contributed by atoms with van der Waals surface area (Å²) in [4.78, 5) is 10.7. The van der Waals surface area contributed by atoms with Crippen LogP contribution < -0.4 is 4.74 Å². The summed E-state index contributed by atoms with van der Waals surface area (Å²) in [7, 11) is 1.19. The van der Waals surface area contributed by atoms with Crippen molar-refractivity contribution in [3.8, 4) is 11.5 Å². The normalized spacial score (nSPS) is 9.38. The minimum absolute atomic E-state index is 0.0567. The fourth-order valence-corrected chi connectivity index (χ4v) is 1.04. The maximum absolute atomic E-state index is 10.7. The van der Waals surface area contributed by atoms with E-state index in [0.717, 1.165) is 0 Å². The molecule has 1 rings (SSSR count). The molecule has 0 bridgehead atoms. The number of phenolic OH excluding ortho intramolecular Hbond substituents is 1. The maximum atomic E-state index is 10.7. The van der Waals surface area contributed by atoms with Crippen molar-refractivity contribution in [2.45, 2.75) is 0 Å². The summed E-state index contributed by atoms with van der Waals surface area (Å²) in [5, 5.41) is 9.23. The van der Waals surface area contributed by atoms with E-state index >= 15 is 0 Å². The van der Waals surface area contributed by atoms with Crippen molar-refractivity contribution in [3.63, 3.8) is 0 Å². The molecule has 1 N–H and O–H groups in total. The molecule has 13 heavy (non-hydrogen) atoms. The number of aromatic hydroxyl groups is 1. The Morgan fingerprint density at radius 2 is 2.23 bits per heavy atom. The van der Waals surface area contributed by atoms with Crippen LogP contribution in [0.1, 0.15) is 0 Å². The Bertz CT molecular complexity index is 324. The van der Waals surface area contributed by atoms with Gasteiger partial charge in [0.15, 0.2) is 11.5 Å². The minimum Gasteiger partial charge on any atom is -0.504 e. The lowest BCUT2D eigenvalue weighted by molar-refractivity contribution is 0.120. The zero-order valence-electron chi connectivity index (χ0n) is 6.78. The Kier molecular flexibility index (Phi) is 3.13. The summed E-state index contributed by atoms with van der Waals surface area (Å²) in [5.74, 6) is -0.0603. The third-order valence-corrected chi connectivity index (χ3v) is 1.78. The minimum atomic E-state index is -0.867. The average molecular weight is 247 g/mol. The highest BCUT2D eigenvalue weighted by Gasteiger charge is 2.08. The van der Waals surface area contributed by atoms with Gasteiger partial charge in [0.1, 0.15) is 0 Å².